The number of fused-ring (bicyclic) bond motifs is 3. The van der Waals surface area contributed by atoms with E-state index in [-0.39, 0.29) is 41.8 Å². The molecule has 1 aromatic heterocycles. The number of benzene rings is 2. The van der Waals surface area contributed by atoms with Crippen LogP contribution in [-0.4, -0.2) is 44.8 Å². The molecular formula is C29H25N3O7. The van der Waals surface area contributed by atoms with Crippen LogP contribution in [0.4, 0.5) is 0 Å². The lowest BCUT2D eigenvalue weighted by molar-refractivity contribution is -0.116. The number of para-hydroxylation sites is 1. The Labute approximate surface area is 222 Å². The van der Waals surface area contributed by atoms with Gasteiger partial charge in [0.1, 0.15) is 0 Å². The Bertz CT molecular complexity index is 1760. The van der Waals surface area contributed by atoms with Gasteiger partial charge in [0.2, 0.25) is 5.75 Å². The van der Waals surface area contributed by atoms with E-state index in [2.05, 4.69) is 0 Å². The Kier molecular flexibility index (Phi) is 5.56. The fourth-order valence-corrected chi connectivity index (χ4v) is 5.91. The number of carbonyl (C=O) groups is 2. The van der Waals surface area contributed by atoms with E-state index in [4.69, 9.17) is 9.47 Å². The molecule has 1 aliphatic heterocycles. The van der Waals surface area contributed by atoms with E-state index in [1.165, 1.54) is 29.7 Å². The van der Waals surface area contributed by atoms with Crippen LogP contribution in [0.15, 0.2) is 86.5 Å². The molecule has 0 bridgehead atoms. The van der Waals surface area contributed by atoms with Gasteiger partial charge >= 0.3 is 11.4 Å². The molecule has 2 heterocycles. The van der Waals surface area contributed by atoms with Crippen molar-refractivity contribution in [2.24, 2.45) is 0 Å². The summed E-state index contributed by atoms with van der Waals surface area (Å²) in [6.45, 7) is 1.69. The molecule has 2 atom stereocenters. The topological polar surface area (TPSA) is 122 Å². The normalized spacial score (nSPS) is 20.1. The van der Waals surface area contributed by atoms with Crippen molar-refractivity contribution in [3.63, 3.8) is 0 Å². The van der Waals surface area contributed by atoms with Crippen LogP contribution in [0.2, 0.25) is 0 Å². The standard InChI is InChI=1S/C29H25N3O7/c1-15-11-21(33)25-19(26(15)34)14-20-18(24(25)16-12-22(38-2)27(35)23(13-16)39-3)9-10-30-28(36)31(29(37)32(20)30)17-7-5-4-6-8-17/h4-9,11-13,20,24,35H,10,14H2,1-3H3/t20-,24+/m1/s1. The fourth-order valence-electron chi connectivity index (χ4n) is 5.91. The number of phenolic OH excluding ortho intramolecular Hbond substituents is 1. The first-order valence-corrected chi connectivity index (χ1v) is 12.4. The highest BCUT2D eigenvalue weighted by Crippen LogP contribution is 2.51. The van der Waals surface area contributed by atoms with Crippen molar-refractivity contribution in [1.82, 2.24) is 13.9 Å². The lowest BCUT2D eigenvalue weighted by Gasteiger charge is -2.39. The van der Waals surface area contributed by atoms with Gasteiger partial charge < -0.3 is 14.6 Å². The van der Waals surface area contributed by atoms with Crippen molar-refractivity contribution in [3.05, 3.63) is 103 Å². The number of hydrogen-bond acceptors (Lipinski definition) is 7. The summed E-state index contributed by atoms with van der Waals surface area (Å²) in [5, 5.41) is 10.5. The molecule has 2 aromatic carbocycles. The van der Waals surface area contributed by atoms with Crippen LogP contribution in [0.5, 0.6) is 17.2 Å². The monoisotopic (exact) mass is 527 g/mol. The summed E-state index contributed by atoms with van der Waals surface area (Å²) in [5.74, 6) is -1.24. The van der Waals surface area contributed by atoms with E-state index in [1.807, 2.05) is 6.08 Å². The highest BCUT2D eigenvalue weighted by atomic mass is 16.5. The van der Waals surface area contributed by atoms with Crippen molar-refractivity contribution >= 4 is 11.6 Å². The molecule has 0 radical (unpaired) electrons. The predicted molar refractivity (Wildman–Crippen MR) is 141 cm³/mol. The molecule has 0 amide bonds. The second kappa shape index (κ2) is 8.87. The van der Waals surface area contributed by atoms with Crippen LogP contribution in [0.1, 0.15) is 30.9 Å². The highest BCUT2D eigenvalue weighted by Gasteiger charge is 2.45. The number of carbonyl (C=O) groups excluding carboxylic acids is 2. The van der Waals surface area contributed by atoms with Crippen molar-refractivity contribution in [2.45, 2.75) is 31.8 Å². The molecule has 0 saturated heterocycles. The number of hydrogen-bond donors (Lipinski definition) is 1. The number of Topliss-reactive ketones (excluding diaryl/α,β-unsaturated/α-hetero) is 1. The Balaban J connectivity index is 1.61. The zero-order valence-corrected chi connectivity index (χ0v) is 21.5. The molecule has 10 nitrogen and oxygen atoms in total. The summed E-state index contributed by atoms with van der Waals surface area (Å²) in [7, 11) is 2.80. The highest BCUT2D eigenvalue weighted by molar-refractivity contribution is 6.23. The zero-order chi connectivity index (χ0) is 27.6. The maximum atomic E-state index is 13.8. The number of rotatable bonds is 4. The van der Waals surface area contributed by atoms with Crippen molar-refractivity contribution in [3.8, 4) is 22.9 Å². The molecule has 0 saturated carbocycles. The largest absolute Gasteiger partial charge is 0.502 e. The lowest BCUT2D eigenvalue weighted by atomic mass is 9.68. The average Bonchev–Trinajstić information content (AvgIpc) is 3.20. The first-order valence-electron chi connectivity index (χ1n) is 12.4. The first kappa shape index (κ1) is 24.5. The van der Waals surface area contributed by atoms with Crippen LogP contribution in [-0.2, 0) is 16.1 Å². The molecule has 6 rings (SSSR count). The van der Waals surface area contributed by atoms with E-state index >= 15 is 0 Å². The maximum Gasteiger partial charge on any atom is 0.352 e. The van der Waals surface area contributed by atoms with Gasteiger partial charge in [0, 0.05) is 29.1 Å². The smallest absolute Gasteiger partial charge is 0.352 e. The van der Waals surface area contributed by atoms with E-state index in [1.54, 1.807) is 49.4 Å². The van der Waals surface area contributed by atoms with Gasteiger partial charge in [-0.3, -0.25) is 9.59 Å². The van der Waals surface area contributed by atoms with Crippen LogP contribution in [0.3, 0.4) is 0 Å². The van der Waals surface area contributed by atoms with Gasteiger partial charge in [0.15, 0.2) is 23.1 Å². The third kappa shape index (κ3) is 3.48. The minimum absolute atomic E-state index is 0.0813. The van der Waals surface area contributed by atoms with Crippen molar-refractivity contribution < 1.29 is 24.2 Å². The molecule has 2 aliphatic carbocycles. The Hall–Kier alpha value is -4.86. The molecule has 0 unspecified atom stereocenters. The molecule has 39 heavy (non-hydrogen) atoms. The molecule has 3 aliphatic rings. The molecule has 10 heteroatoms. The lowest BCUT2D eigenvalue weighted by Crippen LogP contribution is -2.40. The maximum absolute atomic E-state index is 13.8. The summed E-state index contributed by atoms with van der Waals surface area (Å²) >= 11 is 0. The third-order valence-corrected chi connectivity index (χ3v) is 7.68. The Morgan fingerprint density at radius 3 is 2.26 bits per heavy atom. The van der Waals surface area contributed by atoms with Crippen molar-refractivity contribution in [2.75, 3.05) is 14.2 Å². The zero-order valence-electron chi connectivity index (χ0n) is 21.5. The van der Waals surface area contributed by atoms with Gasteiger partial charge in [-0.15, -0.1) is 0 Å². The summed E-state index contributed by atoms with van der Waals surface area (Å²) in [5.41, 5.74) is 1.59. The van der Waals surface area contributed by atoms with E-state index in [9.17, 15) is 24.3 Å². The van der Waals surface area contributed by atoms with E-state index in [0.717, 1.165) is 4.57 Å². The second-order valence-corrected chi connectivity index (χ2v) is 9.71. The number of aromatic hydroxyl groups is 1. The van der Waals surface area contributed by atoms with Gasteiger partial charge in [-0.05, 0) is 48.4 Å². The third-order valence-electron chi connectivity index (χ3n) is 7.68. The van der Waals surface area contributed by atoms with Crippen LogP contribution >= 0.6 is 0 Å². The predicted octanol–water partition coefficient (Wildman–Crippen LogP) is 2.59. The first-order chi connectivity index (χ1) is 18.8. The quantitative estimate of drug-likeness (QED) is 0.409. The summed E-state index contributed by atoms with van der Waals surface area (Å²) in [6.07, 6.45) is 3.25. The van der Waals surface area contributed by atoms with E-state index in [0.29, 0.717) is 33.5 Å². The van der Waals surface area contributed by atoms with Crippen LogP contribution in [0.25, 0.3) is 5.69 Å². The molecular weight excluding hydrogens is 502 g/mol. The molecule has 1 N–H and O–H groups in total. The second-order valence-electron chi connectivity index (χ2n) is 9.71. The van der Waals surface area contributed by atoms with Gasteiger partial charge in [-0.2, -0.15) is 0 Å². The number of nitrogens with zero attached hydrogens (tertiary/aromatic N) is 3. The molecule has 198 valence electrons. The summed E-state index contributed by atoms with van der Waals surface area (Å²) < 4.78 is 14.6. The van der Waals surface area contributed by atoms with Crippen molar-refractivity contribution in [1.29, 1.82) is 0 Å². The van der Waals surface area contributed by atoms with Gasteiger partial charge in [-0.25, -0.2) is 23.5 Å². The Morgan fingerprint density at radius 1 is 0.949 bits per heavy atom. The average molecular weight is 528 g/mol. The number of allylic oxidation sites excluding steroid dienone is 6. The minimum atomic E-state index is -0.737. The Morgan fingerprint density at radius 2 is 1.62 bits per heavy atom. The number of phenols is 1. The van der Waals surface area contributed by atoms with Gasteiger partial charge in [0.05, 0.1) is 32.5 Å². The molecule has 0 fully saturated rings. The van der Waals surface area contributed by atoms with E-state index < -0.39 is 23.3 Å². The SMILES string of the molecule is COc1cc([C@H]2C3=CCn4c(=O)n(-c5ccccc5)c(=O)n4[C@@H]3CC3=C2C(=O)C=C(C)C3=O)cc(OC)c1O. The van der Waals surface area contributed by atoms with Gasteiger partial charge in [-0.1, -0.05) is 24.3 Å². The summed E-state index contributed by atoms with van der Waals surface area (Å²) in [6, 6.07) is 11.1. The number of methoxy groups -OCH3 is 2. The van der Waals surface area contributed by atoms with Gasteiger partial charge in [0.25, 0.3) is 0 Å². The minimum Gasteiger partial charge on any atom is -0.502 e. The fraction of sp³-hybridized carbons (Fsp3) is 0.241. The molecule has 3 aromatic rings. The number of aromatic nitrogens is 3. The summed E-state index contributed by atoms with van der Waals surface area (Å²) in [4.78, 5) is 54.0. The number of ketones is 2. The number of ether oxygens (including phenoxy) is 2. The van der Waals surface area contributed by atoms with Crippen LogP contribution < -0.4 is 20.9 Å². The van der Waals surface area contributed by atoms with Crippen LogP contribution in [0, 0.1) is 0 Å². The molecule has 0 spiro atoms.